The second kappa shape index (κ2) is 5.19. The lowest BCUT2D eigenvalue weighted by Gasteiger charge is -2.27. The minimum Gasteiger partial charge on any atom is -0.408 e. The summed E-state index contributed by atoms with van der Waals surface area (Å²) in [6.07, 6.45) is 0.953. The molecule has 1 aliphatic rings. The molecule has 0 aliphatic carbocycles. The summed E-state index contributed by atoms with van der Waals surface area (Å²) in [5.41, 5.74) is 2.72. The quantitative estimate of drug-likeness (QED) is 0.769. The maximum Gasteiger partial charge on any atom is 0.419 e. The third kappa shape index (κ3) is 2.57. The average molecular weight is 261 g/mol. The van der Waals surface area contributed by atoms with Crippen molar-refractivity contribution in [3.8, 4) is 0 Å². The molecule has 5 nitrogen and oxygen atoms in total. The van der Waals surface area contributed by atoms with Gasteiger partial charge in [0.05, 0.1) is 5.52 Å². The van der Waals surface area contributed by atoms with Gasteiger partial charge in [0.25, 0.3) is 0 Å². The molecule has 0 saturated carbocycles. The molecule has 1 aliphatic heterocycles. The van der Waals surface area contributed by atoms with Crippen molar-refractivity contribution >= 4 is 11.1 Å². The van der Waals surface area contributed by atoms with Crippen LogP contribution in [-0.2, 0) is 13.5 Å². The highest BCUT2D eigenvalue weighted by Gasteiger charge is 2.15. The molecule has 0 spiro atoms. The van der Waals surface area contributed by atoms with Gasteiger partial charge >= 0.3 is 5.76 Å². The number of fused-ring (bicyclic) bond motifs is 1. The van der Waals surface area contributed by atoms with E-state index >= 15 is 0 Å². The molecule has 0 bridgehead atoms. The number of nitrogens with zero attached hydrogens (tertiary/aromatic N) is 1. The Labute approximate surface area is 111 Å². The van der Waals surface area contributed by atoms with E-state index in [9.17, 15) is 4.79 Å². The van der Waals surface area contributed by atoms with Gasteiger partial charge in [0.15, 0.2) is 5.58 Å². The number of hydrogen-bond donors (Lipinski definition) is 2. The van der Waals surface area contributed by atoms with Gasteiger partial charge in [0, 0.05) is 26.7 Å². The molecule has 1 fully saturated rings. The molecule has 102 valence electrons. The Morgan fingerprint density at radius 1 is 1.47 bits per heavy atom. The van der Waals surface area contributed by atoms with Crippen molar-refractivity contribution in [1.29, 1.82) is 0 Å². The smallest absolute Gasteiger partial charge is 0.408 e. The standard InChI is InChI=1S/C14H19N3O2/c1-17-12-3-2-10(6-13(12)19-14(17)18)4-5-15-7-11-8-16-9-11/h2-3,6,11,15-16H,4-5,7-9H2,1H3. The van der Waals surface area contributed by atoms with Gasteiger partial charge in [-0.15, -0.1) is 0 Å². The Balaban J connectivity index is 1.59. The summed E-state index contributed by atoms with van der Waals surface area (Å²) in [5, 5.41) is 6.73. The molecule has 2 heterocycles. The van der Waals surface area contributed by atoms with Crippen LogP contribution in [0.2, 0.25) is 0 Å². The fourth-order valence-electron chi connectivity index (χ4n) is 2.37. The zero-order chi connectivity index (χ0) is 13.2. The zero-order valence-corrected chi connectivity index (χ0v) is 11.1. The number of benzene rings is 1. The SMILES string of the molecule is Cn1c(=O)oc2cc(CCNCC3CNC3)ccc21. The van der Waals surface area contributed by atoms with E-state index in [1.54, 1.807) is 7.05 Å². The number of rotatable bonds is 5. The molecule has 2 N–H and O–H groups in total. The van der Waals surface area contributed by atoms with Gasteiger partial charge in [-0.2, -0.15) is 0 Å². The van der Waals surface area contributed by atoms with Crippen molar-refractivity contribution < 1.29 is 4.42 Å². The maximum atomic E-state index is 11.4. The van der Waals surface area contributed by atoms with Gasteiger partial charge in [-0.25, -0.2) is 4.79 Å². The summed E-state index contributed by atoms with van der Waals surface area (Å²) in [7, 11) is 1.72. The monoisotopic (exact) mass is 261 g/mol. The molecule has 0 radical (unpaired) electrons. The van der Waals surface area contributed by atoms with Crippen LogP contribution in [0.5, 0.6) is 0 Å². The number of hydrogen-bond acceptors (Lipinski definition) is 4. The zero-order valence-electron chi connectivity index (χ0n) is 11.1. The van der Waals surface area contributed by atoms with Crippen molar-refractivity contribution in [3.63, 3.8) is 0 Å². The number of aryl methyl sites for hydroxylation is 1. The van der Waals surface area contributed by atoms with Gasteiger partial charge in [-0.1, -0.05) is 6.07 Å². The van der Waals surface area contributed by atoms with Gasteiger partial charge < -0.3 is 15.1 Å². The van der Waals surface area contributed by atoms with Crippen LogP contribution in [0.3, 0.4) is 0 Å². The van der Waals surface area contributed by atoms with Crippen LogP contribution in [0.15, 0.2) is 27.4 Å². The second-order valence-corrected chi connectivity index (χ2v) is 5.21. The third-order valence-electron chi connectivity index (χ3n) is 3.75. The van der Waals surface area contributed by atoms with E-state index < -0.39 is 0 Å². The molecular weight excluding hydrogens is 242 g/mol. The van der Waals surface area contributed by atoms with Crippen LogP contribution < -0.4 is 16.4 Å². The van der Waals surface area contributed by atoms with E-state index in [1.165, 1.54) is 10.1 Å². The first-order valence-corrected chi connectivity index (χ1v) is 6.74. The first-order valence-electron chi connectivity index (χ1n) is 6.74. The van der Waals surface area contributed by atoms with E-state index in [0.29, 0.717) is 5.58 Å². The lowest BCUT2D eigenvalue weighted by Crippen LogP contribution is -2.47. The highest BCUT2D eigenvalue weighted by atomic mass is 16.4. The van der Waals surface area contributed by atoms with Crippen LogP contribution in [0.4, 0.5) is 0 Å². The Kier molecular flexibility index (Phi) is 3.40. The first-order chi connectivity index (χ1) is 9.24. The van der Waals surface area contributed by atoms with E-state index in [4.69, 9.17) is 4.42 Å². The molecule has 1 aromatic carbocycles. The van der Waals surface area contributed by atoms with E-state index in [2.05, 4.69) is 16.7 Å². The fourth-order valence-corrected chi connectivity index (χ4v) is 2.37. The van der Waals surface area contributed by atoms with Crippen molar-refractivity contribution in [2.45, 2.75) is 6.42 Å². The number of oxazole rings is 1. The topological polar surface area (TPSA) is 59.2 Å². The van der Waals surface area contributed by atoms with Gasteiger partial charge in [-0.3, -0.25) is 4.57 Å². The summed E-state index contributed by atoms with van der Waals surface area (Å²) in [6.45, 7) is 4.30. The Morgan fingerprint density at radius 3 is 3.05 bits per heavy atom. The molecule has 3 rings (SSSR count). The van der Waals surface area contributed by atoms with Crippen LogP contribution in [-0.4, -0.2) is 30.7 Å². The largest absolute Gasteiger partial charge is 0.419 e. The predicted molar refractivity (Wildman–Crippen MR) is 74.4 cm³/mol. The van der Waals surface area contributed by atoms with Gasteiger partial charge in [0.2, 0.25) is 0 Å². The van der Waals surface area contributed by atoms with E-state index in [-0.39, 0.29) is 5.76 Å². The molecule has 0 unspecified atom stereocenters. The lowest BCUT2D eigenvalue weighted by atomic mass is 10.0. The second-order valence-electron chi connectivity index (χ2n) is 5.21. The van der Waals surface area contributed by atoms with Crippen LogP contribution in [0.25, 0.3) is 11.1 Å². The van der Waals surface area contributed by atoms with Gasteiger partial charge in [-0.05, 0) is 36.6 Å². The minimum absolute atomic E-state index is 0.303. The van der Waals surface area contributed by atoms with Crippen LogP contribution >= 0.6 is 0 Å². The normalized spacial score (nSPS) is 15.8. The maximum absolute atomic E-state index is 11.4. The predicted octanol–water partition coefficient (Wildman–Crippen LogP) is 0.483. The van der Waals surface area contributed by atoms with Gasteiger partial charge in [0.1, 0.15) is 0 Å². The number of nitrogens with one attached hydrogen (secondary N) is 2. The Bertz CT molecular complexity index is 625. The molecular formula is C14H19N3O2. The molecule has 19 heavy (non-hydrogen) atoms. The molecule has 0 amide bonds. The van der Waals surface area contributed by atoms with E-state index in [0.717, 1.165) is 44.0 Å². The average Bonchev–Trinajstić information content (AvgIpc) is 2.62. The summed E-state index contributed by atoms with van der Waals surface area (Å²) in [4.78, 5) is 11.4. The highest BCUT2D eigenvalue weighted by Crippen LogP contribution is 2.14. The summed E-state index contributed by atoms with van der Waals surface area (Å²) in [6, 6.07) is 5.97. The minimum atomic E-state index is -0.303. The van der Waals surface area contributed by atoms with Crippen LogP contribution in [0.1, 0.15) is 5.56 Å². The molecule has 5 heteroatoms. The van der Waals surface area contributed by atoms with Crippen molar-refractivity contribution in [1.82, 2.24) is 15.2 Å². The fraction of sp³-hybridized carbons (Fsp3) is 0.500. The number of aromatic nitrogens is 1. The summed E-state index contributed by atoms with van der Waals surface area (Å²) >= 11 is 0. The lowest BCUT2D eigenvalue weighted by molar-refractivity contribution is 0.333. The van der Waals surface area contributed by atoms with Crippen molar-refractivity contribution in [2.24, 2.45) is 13.0 Å². The van der Waals surface area contributed by atoms with Crippen molar-refractivity contribution in [2.75, 3.05) is 26.2 Å². The third-order valence-corrected chi connectivity index (χ3v) is 3.75. The molecule has 2 aromatic rings. The molecule has 0 atom stereocenters. The van der Waals surface area contributed by atoms with Crippen LogP contribution in [0, 0.1) is 5.92 Å². The Morgan fingerprint density at radius 2 is 2.32 bits per heavy atom. The molecule has 1 aromatic heterocycles. The van der Waals surface area contributed by atoms with E-state index in [1.807, 2.05) is 12.1 Å². The summed E-state index contributed by atoms with van der Waals surface area (Å²) in [5.74, 6) is 0.484. The Hall–Kier alpha value is -1.59. The molecule has 1 saturated heterocycles. The van der Waals surface area contributed by atoms with Crippen molar-refractivity contribution in [3.05, 3.63) is 34.3 Å². The first kappa shape index (κ1) is 12.4. The highest BCUT2D eigenvalue weighted by molar-refractivity contribution is 5.73. The summed E-state index contributed by atoms with van der Waals surface area (Å²) < 4.78 is 6.72.